The summed E-state index contributed by atoms with van der Waals surface area (Å²) in [5, 5.41) is 4.44. The summed E-state index contributed by atoms with van der Waals surface area (Å²) in [4.78, 5) is 18.1. The number of rotatable bonds is 3. The Morgan fingerprint density at radius 2 is 2.00 bits per heavy atom. The van der Waals surface area contributed by atoms with Crippen LogP contribution in [0.3, 0.4) is 0 Å². The van der Waals surface area contributed by atoms with Gasteiger partial charge < -0.3 is 10.6 Å². The van der Waals surface area contributed by atoms with Gasteiger partial charge in [0.1, 0.15) is 12.4 Å². The van der Waals surface area contributed by atoms with Crippen LogP contribution < -0.4 is 5.73 Å². The van der Waals surface area contributed by atoms with E-state index in [2.05, 4.69) is 25.9 Å². The standard InChI is InChI=1S/C23H38N2O2/c1-14-11-16-12-17(25-27-13-15(2)24)7-9-22(16,3)19-8-10-23(4)18(21(14)19)5-6-20(23)26/h14-16,18-19,21H,5-13,24H2,1-4H3/t14-,15?,16?,18+,19+,21+,22+,23+/m1/s1. The SMILES string of the molecule is CC(N)CON=C1CC[C@@]2(C)C(C1)C[C@@H](C)[C@@H]1[C@@H]2CC[C@]2(C)C(=O)CC[C@@H]12. The summed E-state index contributed by atoms with van der Waals surface area (Å²) >= 11 is 0. The minimum absolute atomic E-state index is 0.0212. The largest absolute Gasteiger partial charge is 0.394 e. The third kappa shape index (κ3) is 3.07. The van der Waals surface area contributed by atoms with E-state index in [0.29, 0.717) is 35.6 Å². The molecule has 27 heavy (non-hydrogen) atoms. The number of fused-ring (bicyclic) bond motifs is 5. The van der Waals surface area contributed by atoms with Gasteiger partial charge in [0.15, 0.2) is 0 Å². The maximum Gasteiger partial charge on any atom is 0.139 e. The molecule has 2 unspecified atom stereocenters. The lowest BCUT2D eigenvalue weighted by molar-refractivity contribution is -0.143. The Morgan fingerprint density at radius 1 is 1.22 bits per heavy atom. The second-order valence-electron chi connectivity index (χ2n) is 10.8. The van der Waals surface area contributed by atoms with Gasteiger partial charge >= 0.3 is 0 Å². The van der Waals surface area contributed by atoms with Gasteiger partial charge in [-0.2, -0.15) is 0 Å². The molecule has 0 heterocycles. The van der Waals surface area contributed by atoms with Crippen LogP contribution in [0.1, 0.15) is 79.1 Å². The third-order valence-electron chi connectivity index (χ3n) is 9.10. The van der Waals surface area contributed by atoms with E-state index in [0.717, 1.165) is 43.9 Å². The van der Waals surface area contributed by atoms with Crippen LogP contribution in [0.15, 0.2) is 5.16 Å². The minimum atomic E-state index is -0.0212. The molecule has 0 spiro atoms. The van der Waals surface area contributed by atoms with Crippen LogP contribution in [0.4, 0.5) is 0 Å². The number of nitrogens with zero attached hydrogens (tertiary/aromatic N) is 1. The van der Waals surface area contributed by atoms with Crippen LogP contribution in [0.2, 0.25) is 0 Å². The zero-order valence-electron chi connectivity index (χ0n) is 17.7. The van der Waals surface area contributed by atoms with Crippen molar-refractivity contribution in [2.75, 3.05) is 6.61 Å². The highest BCUT2D eigenvalue weighted by atomic mass is 16.6. The van der Waals surface area contributed by atoms with E-state index in [1.54, 1.807) is 0 Å². The summed E-state index contributed by atoms with van der Waals surface area (Å²) in [5.74, 6) is 4.12. The van der Waals surface area contributed by atoms with Crippen molar-refractivity contribution in [3.8, 4) is 0 Å². The van der Waals surface area contributed by atoms with Crippen LogP contribution in [0.25, 0.3) is 0 Å². The molecule has 4 heteroatoms. The Balaban J connectivity index is 1.53. The Hall–Kier alpha value is -0.900. The first kappa shape index (κ1) is 19.4. The molecule has 4 aliphatic rings. The molecule has 0 aromatic carbocycles. The van der Waals surface area contributed by atoms with Gasteiger partial charge in [-0.3, -0.25) is 4.79 Å². The molecule has 0 radical (unpaired) electrons. The molecule has 0 aliphatic heterocycles. The number of Topliss-reactive ketones (excluding diaryl/α,β-unsaturated/α-hetero) is 1. The highest BCUT2D eigenvalue weighted by Crippen LogP contribution is 2.66. The average Bonchev–Trinajstić information content (AvgIpc) is 2.91. The first-order valence-electron chi connectivity index (χ1n) is 11.2. The van der Waals surface area contributed by atoms with Crippen LogP contribution in [0, 0.1) is 40.4 Å². The van der Waals surface area contributed by atoms with Gasteiger partial charge in [0.25, 0.3) is 0 Å². The molecule has 4 nitrogen and oxygen atoms in total. The predicted molar refractivity (Wildman–Crippen MR) is 108 cm³/mol. The van der Waals surface area contributed by atoms with E-state index in [4.69, 9.17) is 10.6 Å². The van der Waals surface area contributed by atoms with Crippen molar-refractivity contribution in [2.24, 2.45) is 51.3 Å². The molecule has 0 amide bonds. The van der Waals surface area contributed by atoms with E-state index in [1.165, 1.54) is 25.0 Å². The van der Waals surface area contributed by atoms with Crippen molar-refractivity contribution >= 4 is 11.5 Å². The van der Waals surface area contributed by atoms with Gasteiger partial charge in [-0.1, -0.05) is 25.9 Å². The fourth-order valence-corrected chi connectivity index (χ4v) is 7.54. The molecular weight excluding hydrogens is 336 g/mol. The number of carbonyl (C=O) groups is 1. The fraction of sp³-hybridized carbons (Fsp3) is 0.913. The van der Waals surface area contributed by atoms with Crippen molar-refractivity contribution in [1.29, 1.82) is 0 Å². The smallest absolute Gasteiger partial charge is 0.139 e. The summed E-state index contributed by atoms with van der Waals surface area (Å²) in [6, 6.07) is 0.0318. The van der Waals surface area contributed by atoms with Crippen molar-refractivity contribution in [3.05, 3.63) is 0 Å². The molecule has 4 fully saturated rings. The second kappa shape index (κ2) is 6.86. The topological polar surface area (TPSA) is 64.7 Å². The van der Waals surface area contributed by atoms with Crippen LogP contribution >= 0.6 is 0 Å². The average molecular weight is 375 g/mol. The number of oxime groups is 1. The molecule has 4 rings (SSSR count). The van der Waals surface area contributed by atoms with Gasteiger partial charge in [0, 0.05) is 17.9 Å². The van der Waals surface area contributed by atoms with E-state index in [9.17, 15) is 4.79 Å². The fourth-order valence-electron chi connectivity index (χ4n) is 7.54. The Bertz CT molecular complexity index is 630. The first-order valence-corrected chi connectivity index (χ1v) is 11.2. The van der Waals surface area contributed by atoms with E-state index >= 15 is 0 Å². The molecule has 0 aromatic heterocycles. The van der Waals surface area contributed by atoms with Gasteiger partial charge in [0.2, 0.25) is 0 Å². The number of ketones is 1. The summed E-state index contributed by atoms with van der Waals surface area (Å²) in [6.07, 6.45) is 8.98. The van der Waals surface area contributed by atoms with Gasteiger partial charge in [-0.25, -0.2) is 0 Å². The lowest BCUT2D eigenvalue weighted by Crippen LogP contribution is -2.56. The van der Waals surface area contributed by atoms with Crippen LogP contribution in [-0.2, 0) is 9.63 Å². The molecule has 4 saturated carbocycles. The van der Waals surface area contributed by atoms with Crippen molar-refractivity contribution in [1.82, 2.24) is 0 Å². The first-order chi connectivity index (χ1) is 12.8. The minimum Gasteiger partial charge on any atom is -0.394 e. The Kier molecular flexibility index (Phi) is 4.93. The molecule has 2 N–H and O–H groups in total. The highest BCUT2D eigenvalue weighted by Gasteiger charge is 2.61. The highest BCUT2D eigenvalue weighted by molar-refractivity contribution is 5.87. The summed E-state index contributed by atoms with van der Waals surface area (Å²) < 4.78 is 0. The van der Waals surface area contributed by atoms with Gasteiger partial charge in [-0.15, -0.1) is 0 Å². The number of nitrogens with two attached hydrogens (primary N) is 1. The molecule has 152 valence electrons. The van der Waals surface area contributed by atoms with E-state index in [-0.39, 0.29) is 11.5 Å². The zero-order chi connectivity index (χ0) is 19.4. The quantitative estimate of drug-likeness (QED) is 0.736. The summed E-state index contributed by atoms with van der Waals surface area (Å²) in [7, 11) is 0. The lowest BCUT2D eigenvalue weighted by atomic mass is 9.43. The van der Waals surface area contributed by atoms with Gasteiger partial charge in [0.05, 0.1) is 5.71 Å². The number of hydrogen-bond acceptors (Lipinski definition) is 4. The van der Waals surface area contributed by atoms with E-state index < -0.39 is 0 Å². The molecule has 0 saturated heterocycles. The third-order valence-corrected chi connectivity index (χ3v) is 9.10. The monoisotopic (exact) mass is 374 g/mol. The Morgan fingerprint density at radius 3 is 2.74 bits per heavy atom. The normalized spacial score (nSPS) is 49.3. The number of carbonyl (C=O) groups excluding carboxylic acids is 1. The zero-order valence-corrected chi connectivity index (χ0v) is 17.7. The predicted octanol–water partition coefficient (Wildman–Crippen LogP) is 4.56. The molecule has 8 atom stereocenters. The van der Waals surface area contributed by atoms with Crippen LogP contribution in [-0.4, -0.2) is 24.1 Å². The molecule has 4 aliphatic carbocycles. The lowest BCUT2D eigenvalue weighted by Gasteiger charge is -2.61. The van der Waals surface area contributed by atoms with Gasteiger partial charge in [-0.05, 0) is 86.9 Å². The molecule has 0 bridgehead atoms. The van der Waals surface area contributed by atoms with Crippen molar-refractivity contribution in [3.63, 3.8) is 0 Å². The number of hydrogen-bond donors (Lipinski definition) is 1. The van der Waals surface area contributed by atoms with Crippen molar-refractivity contribution in [2.45, 2.75) is 85.1 Å². The van der Waals surface area contributed by atoms with Crippen molar-refractivity contribution < 1.29 is 9.63 Å². The molecular formula is C23H38N2O2. The maximum absolute atomic E-state index is 12.6. The molecule has 0 aromatic rings. The second-order valence-corrected chi connectivity index (χ2v) is 10.8. The van der Waals surface area contributed by atoms with E-state index in [1.807, 2.05) is 6.92 Å². The van der Waals surface area contributed by atoms with Crippen LogP contribution in [0.5, 0.6) is 0 Å². The summed E-state index contributed by atoms with van der Waals surface area (Å²) in [5.41, 5.74) is 7.39. The maximum atomic E-state index is 12.6. The Labute approximate surface area is 164 Å². The summed E-state index contributed by atoms with van der Waals surface area (Å²) in [6.45, 7) is 9.75.